The number of anilines is 2. The normalized spacial score (nSPS) is 9.89. The summed E-state index contributed by atoms with van der Waals surface area (Å²) in [6.45, 7) is 3.44. The summed E-state index contributed by atoms with van der Waals surface area (Å²) in [7, 11) is 0. The lowest BCUT2D eigenvalue weighted by Crippen LogP contribution is -2.24. The molecular formula is C14H15N5. The van der Waals surface area contributed by atoms with Crippen LogP contribution >= 0.6 is 0 Å². The molecular weight excluding hydrogens is 238 g/mol. The fourth-order valence-corrected chi connectivity index (χ4v) is 1.82. The van der Waals surface area contributed by atoms with Gasteiger partial charge in [0.15, 0.2) is 11.5 Å². The predicted molar refractivity (Wildman–Crippen MR) is 74.3 cm³/mol. The van der Waals surface area contributed by atoms with Crippen molar-refractivity contribution in [3.63, 3.8) is 0 Å². The van der Waals surface area contributed by atoms with Crippen LogP contribution in [0.25, 0.3) is 0 Å². The Morgan fingerprint density at radius 3 is 2.53 bits per heavy atom. The summed E-state index contributed by atoms with van der Waals surface area (Å²) < 4.78 is 0. The molecule has 0 aliphatic heterocycles. The van der Waals surface area contributed by atoms with Gasteiger partial charge in [0, 0.05) is 31.2 Å². The Morgan fingerprint density at radius 1 is 1.21 bits per heavy atom. The minimum absolute atomic E-state index is 0.347. The number of nitrogen functional groups attached to an aromatic ring is 1. The lowest BCUT2D eigenvalue weighted by atomic mass is 10.2. The molecule has 0 atom stereocenters. The Bertz CT molecular complexity index is 586. The first-order valence-electron chi connectivity index (χ1n) is 6.05. The Morgan fingerprint density at radius 2 is 1.89 bits per heavy atom. The first-order chi connectivity index (χ1) is 9.24. The van der Waals surface area contributed by atoms with E-state index in [9.17, 15) is 0 Å². The largest absolute Gasteiger partial charge is 0.399 e. The molecule has 0 bridgehead atoms. The van der Waals surface area contributed by atoms with Crippen LogP contribution in [0.2, 0.25) is 0 Å². The van der Waals surface area contributed by atoms with E-state index in [4.69, 9.17) is 11.0 Å². The molecule has 2 N–H and O–H groups in total. The second-order valence-corrected chi connectivity index (χ2v) is 4.10. The first kappa shape index (κ1) is 12.8. The van der Waals surface area contributed by atoms with Crippen molar-refractivity contribution in [3.8, 4) is 6.07 Å². The van der Waals surface area contributed by atoms with Crippen LogP contribution in [0.5, 0.6) is 0 Å². The lowest BCUT2D eigenvalue weighted by Gasteiger charge is -2.22. The van der Waals surface area contributed by atoms with Crippen LogP contribution in [-0.4, -0.2) is 16.5 Å². The van der Waals surface area contributed by atoms with Crippen LogP contribution in [0, 0.1) is 11.3 Å². The Labute approximate surface area is 112 Å². The SMILES string of the molecule is CCN(Cc1ccc(N)cc1)c1nccnc1C#N. The van der Waals surface area contributed by atoms with E-state index in [0.717, 1.165) is 17.8 Å². The summed E-state index contributed by atoms with van der Waals surface area (Å²) in [6, 6.07) is 9.75. The van der Waals surface area contributed by atoms with Crippen molar-refractivity contribution in [3.05, 3.63) is 47.9 Å². The molecule has 96 valence electrons. The van der Waals surface area contributed by atoms with E-state index in [1.165, 1.54) is 6.20 Å². The quantitative estimate of drug-likeness (QED) is 0.842. The zero-order valence-electron chi connectivity index (χ0n) is 10.7. The maximum Gasteiger partial charge on any atom is 0.183 e. The number of hydrogen-bond donors (Lipinski definition) is 1. The van der Waals surface area contributed by atoms with Crippen molar-refractivity contribution in [1.29, 1.82) is 5.26 Å². The average Bonchev–Trinajstić information content (AvgIpc) is 2.46. The molecule has 1 heterocycles. The van der Waals surface area contributed by atoms with Crippen molar-refractivity contribution >= 4 is 11.5 Å². The molecule has 1 aromatic carbocycles. The number of nitrogens with two attached hydrogens (primary N) is 1. The zero-order valence-corrected chi connectivity index (χ0v) is 10.7. The van der Waals surface area contributed by atoms with Crippen LogP contribution in [-0.2, 0) is 6.54 Å². The molecule has 0 radical (unpaired) electrons. The van der Waals surface area contributed by atoms with E-state index < -0.39 is 0 Å². The van der Waals surface area contributed by atoms with Crippen molar-refractivity contribution < 1.29 is 0 Å². The van der Waals surface area contributed by atoms with Gasteiger partial charge in [-0.1, -0.05) is 12.1 Å². The zero-order chi connectivity index (χ0) is 13.7. The molecule has 1 aromatic heterocycles. The molecule has 0 fully saturated rings. The average molecular weight is 253 g/mol. The maximum absolute atomic E-state index is 9.07. The van der Waals surface area contributed by atoms with Gasteiger partial charge < -0.3 is 10.6 Å². The number of benzene rings is 1. The molecule has 0 saturated heterocycles. The van der Waals surface area contributed by atoms with Gasteiger partial charge in [0.1, 0.15) is 6.07 Å². The summed E-state index contributed by atoms with van der Waals surface area (Å²) in [5, 5.41) is 9.07. The first-order valence-corrected chi connectivity index (χ1v) is 6.05. The molecule has 5 heteroatoms. The number of nitrogens with zero attached hydrogens (tertiary/aromatic N) is 4. The van der Waals surface area contributed by atoms with Gasteiger partial charge in [-0.2, -0.15) is 5.26 Å². The fraction of sp³-hybridized carbons (Fsp3) is 0.214. The lowest BCUT2D eigenvalue weighted by molar-refractivity contribution is 0.806. The van der Waals surface area contributed by atoms with Crippen LogP contribution in [0.3, 0.4) is 0 Å². The minimum Gasteiger partial charge on any atom is -0.399 e. The van der Waals surface area contributed by atoms with Gasteiger partial charge in [0.2, 0.25) is 0 Å². The minimum atomic E-state index is 0.347. The van der Waals surface area contributed by atoms with Crippen LogP contribution in [0.1, 0.15) is 18.2 Å². The Kier molecular flexibility index (Phi) is 3.94. The Balaban J connectivity index is 2.25. The van der Waals surface area contributed by atoms with Gasteiger partial charge in [-0.3, -0.25) is 0 Å². The van der Waals surface area contributed by atoms with Gasteiger partial charge >= 0.3 is 0 Å². The van der Waals surface area contributed by atoms with E-state index in [-0.39, 0.29) is 0 Å². The third-order valence-electron chi connectivity index (χ3n) is 2.82. The van der Waals surface area contributed by atoms with Crippen molar-refractivity contribution in [2.45, 2.75) is 13.5 Å². The molecule has 0 spiro atoms. The van der Waals surface area contributed by atoms with Crippen LogP contribution < -0.4 is 10.6 Å². The molecule has 0 aliphatic rings. The molecule has 2 rings (SSSR count). The summed E-state index contributed by atoms with van der Waals surface area (Å²) in [5.74, 6) is 0.615. The summed E-state index contributed by atoms with van der Waals surface area (Å²) in [6.07, 6.45) is 3.13. The van der Waals surface area contributed by atoms with Gasteiger partial charge in [0.25, 0.3) is 0 Å². The molecule has 0 amide bonds. The van der Waals surface area contributed by atoms with Gasteiger partial charge in [-0.15, -0.1) is 0 Å². The summed E-state index contributed by atoms with van der Waals surface area (Å²) >= 11 is 0. The summed E-state index contributed by atoms with van der Waals surface area (Å²) in [5.41, 5.74) is 7.87. The molecule has 0 saturated carbocycles. The van der Waals surface area contributed by atoms with Crippen LogP contribution in [0.4, 0.5) is 11.5 Å². The number of nitriles is 1. The number of rotatable bonds is 4. The smallest absolute Gasteiger partial charge is 0.183 e. The molecule has 19 heavy (non-hydrogen) atoms. The van der Waals surface area contributed by atoms with Crippen LogP contribution in [0.15, 0.2) is 36.7 Å². The third kappa shape index (κ3) is 2.99. The number of hydrogen-bond acceptors (Lipinski definition) is 5. The molecule has 0 aliphatic carbocycles. The molecule has 5 nitrogen and oxygen atoms in total. The highest BCUT2D eigenvalue weighted by molar-refractivity contribution is 5.50. The number of aromatic nitrogens is 2. The standard InChI is InChI=1S/C14H15N5/c1-2-19(10-11-3-5-12(16)6-4-11)14-13(9-15)17-7-8-18-14/h3-8H,2,10,16H2,1H3. The molecule has 0 unspecified atom stereocenters. The Hall–Kier alpha value is -2.61. The van der Waals surface area contributed by atoms with E-state index in [1.54, 1.807) is 6.20 Å². The second kappa shape index (κ2) is 5.83. The second-order valence-electron chi connectivity index (χ2n) is 4.10. The topological polar surface area (TPSA) is 78.8 Å². The van der Waals surface area contributed by atoms with Gasteiger partial charge in [-0.05, 0) is 24.6 Å². The third-order valence-corrected chi connectivity index (χ3v) is 2.82. The van der Waals surface area contributed by atoms with E-state index in [2.05, 4.69) is 16.0 Å². The van der Waals surface area contributed by atoms with E-state index >= 15 is 0 Å². The van der Waals surface area contributed by atoms with E-state index in [0.29, 0.717) is 18.1 Å². The highest BCUT2D eigenvalue weighted by atomic mass is 15.2. The highest BCUT2D eigenvalue weighted by Gasteiger charge is 2.12. The summed E-state index contributed by atoms with van der Waals surface area (Å²) in [4.78, 5) is 10.3. The maximum atomic E-state index is 9.07. The van der Waals surface area contributed by atoms with Gasteiger partial charge in [0.05, 0.1) is 0 Å². The van der Waals surface area contributed by atoms with E-state index in [1.807, 2.05) is 36.1 Å². The highest BCUT2D eigenvalue weighted by Crippen LogP contribution is 2.17. The van der Waals surface area contributed by atoms with Gasteiger partial charge in [-0.25, -0.2) is 9.97 Å². The van der Waals surface area contributed by atoms with Crippen molar-refractivity contribution in [1.82, 2.24) is 9.97 Å². The van der Waals surface area contributed by atoms with Crippen molar-refractivity contribution in [2.75, 3.05) is 17.2 Å². The predicted octanol–water partition coefficient (Wildman–Crippen LogP) is 1.96. The monoisotopic (exact) mass is 253 g/mol. The van der Waals surface area contributed by atoms with Crippen molar-refractivity contribution in [2.24, 2.45) is 0 Å². The fourth-order valence-electron chi connectivity index (χ4n) is 1.82. The molecule has 2 aromatic rings.